The highest BCUT2D eigenvalue weighted by atomic mass is 35.5. The molecule has 1 aromatic rings. The van der Waals surface area contributed by atoms with Crippen LogP contribution in [0.3, 0.4) is 0 Å². The van der Waals surface area contributed by atoms with Crippen LogP contribution in [0.1, 0.15) is 31.2 Å². The topological polar surface area (TPSA) is 55.1 Å². The molecule has 1 heterocycles. The van der Waals surface area contributed by atoms with Crippen LogP contribution in [0.5, 0.6) is 0 Å². The summed E-state index contributed by atoms with van der Waals surface area (Å²) in [6.07, 6.45) is 0.643. The highest BCUT2D eigenvalue weighted by molar-refractivity contribution is 7.16. The first kappa shape index (κ1) is 15.7. The highest BCUT2D eigenvalue weighted by Gasteiger charge is 2.15. The Morgan fingerprint density at radius 3 is 2.69 bits per heavy atom. The van der Waals surface area contributed by atoms with E-state index in [2.05, 4.69) is 5.32 Å². The van der Waals surface area contributed by atoms with Gasteiger partial charge in [-0.05, 0) is 25.5 Å². The quantitative estimate of drug-likeness (QED) is 0.892. The normalized spacial score (nSPS) is 13.8. The van der Waals surface area contributed by atoms with Crippen molar-refractivity contribution in [3.63, 3.8) is 0 Å². The second-order valence-corrected chi connectivity index (χ2v) is 5.13. The highest BCUT2D eigenvalue weighted by Crippen LogP contribution is 2.26. The van der Waals surface area contributed by atoms with Crippen LogP contribution in [0.15, 0.2) is 12.1 Å². The third kappa shape index (κ3) is 4.29. The predicted molar refractivity (Wildman–Crippen MR) is 71.4 cm³/mol. The summed E-state index contributed by atoms with van der Waals surface area (Å²) in [4.78, 5) is 12.5. The molecule has 3 nitrogen and oxygen atoms in total. The Balaban J connectivity index is 0.00000225. The number of halogens is 2. The Morgan fingerprint density at radius 2 is 2.25 bits per heavy atom. The number of amides is 1. The van der Waals surface area contributed by atoms with E-state index in [-0.39, 0.29) is 24.4 Å². The van der Waals surface area contributed by atoms with E-state index in [1.807, 2.05) is 26.0 Å². The molecular weight excluding hydrogens is 267 g/mol. The van der Waals surface area contributed by atoms with Crippen molar-refractivity contribution in [3.8, 4) is 0 Å². The lowest BCUT2D eigenvalue weighted by atomic mass is 10.2. The monoisotopic (exact) mass is 282 g/mol. The minimum absolute atomic E-state index is 0. The van der Waals surface area contributed by atoms with Gasteiger partial charge in [-0.25, -0.2) is 0 Å². The lowest BCUT2D eigenvalue weighted by Gasteiger charge is -2.15. The van der Waals surface area contributed by atoms with Crippen LogP contribution in [0.25, 0.3) is 0 Å². The predicted octanol–water partition coefficient (Wildman–Crippen LogP) is 2.74. The average molecular weight is 283 g/mol. The minimum Gasteiger partial charge on any atom is -0.347 e. The minimum atomic E-state index is -0.428. The van der Waals surface area contributed by atoms with E-state index in [9.17, 15) is 4.79 Å². The molecule has 0 saturated carbocycles. The molecule has 2 unspecified atom stereocenters. The SMILES string of the molecule is CCC(N)C(=O)NC(C)c1ccc(Cl)s1.Cl. The van der Waals surface area contributed by atoms with Gasteiger partial charge in [-0.1, -0.05) is 18.5 Å². The van der Waals surface area contributed by atoms with Crippen molar-refractivity contribution in [2.24, 2.45) is 5.73 Å². The molecule has 92 valence electrons. The Kier molecular flexibility index (Phi) is 6.99. The summed E-state index contributed by atoms with van der Waals surface area (Å²) >= 11 is 7.28. The molecule has 1 amide bonds. The van der Waals surface area contributed by atoms with Crippen molar-refractivity contribution in [2.45, 2.75) is 32.4 Å². The Hall–Kier alpha value is -0.290. The summed E-state index contributed by atoms with van der Waals surface area (Å²) in [7, 11) is 0. The summed E-state index contributed by atoms with van der Waals surface area (Å²) in [6.45, 7) is 3.80. The van der Waals surface area contributed by atoms with Gasteiger partial charge in [-0.3, -0.25) is 4.79 Å². The first-order chi connectivity index (χ1) is 7.04. The number of thiophene rings is 1. The van der Waals surface area contributed by atoms with Crippen molar-refractivity contribution >= 4 is 41.3 Å². The molecule has 0 aliphatic heterocycles. The van der Waals surface area contributed by atoms with E-state index in [1.54, 1.807) is 0 Å². The summed E-state index contributed by atoms with van der Waals surface area (Å²) < 4.78 is 0.728. The van der Waals surface area contributed by atoms with Crippen LogP contribution in [0.4, 0.5) is 0 Å². The maximum absolute atomic E-state index is 11.5. The lowest BCUT2D eigenvalue weighted by molar-refractivity contribution is -0.123. The first-order valence-corrected chi connectivity index (χ1v) is 6.05. The van der Waals surface area contributed by atoms with E-state index in [4.69, 9.17) is 17.3 Å². The molecule has 0 fully saturated rings. The molecular formula is C10H16Cl2N2OS. The van der Waals surface area contributed by atoms with Gasteiger partial charge in [0.25, 0.3) is 0 Å². The van der Waals surface area contributed by atoms with Crippen LogP contribution >= 0.6 is 35.3 Å². The molecule has 6 heteroatoms. The molecule has 2 atom stereocenters. The number of nitrogens with one attached hydrogen (secondary N) is 1. The second-order valence-electron chi connectivity index (χ2n) is 3.39. The van der Waals surface area contributed by atoms with E-state index >= 15 is 0 Å². The fourth-order valence-electron chi connectivity index (χ4n) is 1.14. The van der Waals surface area contributed by atoms with Crippen molar-refractivity contribution in [3.05, 3.63) is 21.3 Å². The van der Waals surface area contributed by atoms with Crippen molar-refractivity contribution < 1.29 is 4.79 Å². The number of hydrogen-bond acceptors (Lipinski definition) is 3. The summed E-state index contributed by atoms with van der Waals surface area (Å²) in [5.41, 5.74) is 5.61. The van der Waals surface area contributed by atoms with Gasteiger partial charge in [0.2, 0.25) is 5.91 Å². The molecule has 1 rings (SSSR count). The Bertz CT molecular complexity index is 343. The second kappa shape index (κ2) is 7.12. The number of rotatable bonds is 4. The number of carbonyl (C=O) groups is 1. The van der Waals surface area contributed by atoms with Gasteiger partial charge in [0.1, 0.15) is 0 Å². The summed E-state index contributed by atoms with van der Waals surface area (Å²) in [5, 5.41) is 2.85. The van der Waals surface area contributed by atoms with Crippen LogP contribution in [0.2, 0.25) is 4.34 Å². The third-order valence-corrected chi connectivity index (χ3v) is 3.57. The molecule has 0 saturated heterocycles. The van der Waals surface area contributed by atoms with Gasteiger partial charge < -0.3 is 11.1 Å². The van der Waals surface area contributed by atoms with Gasteiger partial charge in [-0.15, -0.1) is 23.7 Å². The summed E-state index contributed by atoms with van der Waals surface area (Å²) in [5.74, 6) is -0.116. The molecule has 3 N–H and O–H groups in total. The fraction of sp³-hybridized carbons (Fsp3) is 0.500. The van der Waals surface area contributed by atoms with Crippen LogP contribution in [0, 0.1) is 0 Å². The van der Waals surface area contributed by atoms with E-state index in [0.717, 1.165) is 9.21 Å². The van der Waals surface area contributed by atoms with Crippen molar-refractivity contribution in [1.29, 1.82) is 0 Å². The molecule has 0 spiro atoms. The van der Waals surface area contributed by atoms with Crippen LogP contribution in [-0.2, 0) is 4.79 Å². The standard InChI is InChI=1S/C10H15ClN2OS.ClH/c1-3-7(12)10(14)13-6(2)8-4-5-9(11)15-8;/h4-7H,3,12H2,1-2H3,(H,13,14);1H. The largest absolute Gasteiger partial charge is 0.347 e. The Labute approximate surface area is 111 Å². The zero-order chi connectivity index (χ0) is 11.4. The average Bonchev–Trinajstić information content (AvgIpc) is 2.63. The molecule has 0 radical (unpaired) electrons. The van der Waals surface area contributed by atoms with Gasteiger partial charge in [-0.2, -0.15) is 0 Å². The number of nitrogens with two attached hydrogens (primary N) is 1. The van der Waals surface area contributed by atoms with Gasteiger partial charge in [0.05, 0.1) is 16.4 Å². The van der Waals surface area contributed by atoms with E-state index in [0.29, 0.717) is 6.42 Å². The zero-order valence-electron chi connectivity index (χ0n) is 9.20. The maximum Gasteiger partial charge on any atom is 0.237 e. The zero-order valence-corrected chi connectivity index (χ0v) is 11.6. The third-order valence-electron chi connectivity index (χ3n) is 2.16. The maximum atomic E-state index is 11.5. The molecule has 1 aromatic heterocycles. The lowest BCUT2D eigenvalue weighted by Crippen LogP contribution is -2.40. The molecule has 0 aliphatic rings. The smallest absolute Gasteiger partial charge is 0.237 e. The molecule has 0 aromatic carbocycles. The summed E-state index contributed by atoms with van der Waals surface area (Å²) in [6, 6.07) is 3.27. The van der Waals surface area contributed by atoms with Gasteiger partial charge >= 0.3 is 0 Å². The van der Waals surface area contributed by atoms with Crippen molar-refractivity contribution in [1.82, 2.24) is 5.32 Å². The molecule has 0 aliphatic carbocycles. The van der Waals surface area contributed by atoms with Crippen molar-refractivity contribution in [2.75, 3.05) is 0 Å². The number of hydrogen-bond donors (Lipinski definition) is 2. The fourth-order valence-corrected chi connectivity index (χ4v) is 2.20. The van der Waals surface area contributed by atoms with Crippen LogP contribution < -0.4 is 11.1 Å². The number of carbonyl (C=O) groups excluding carboxylic acids is 1. The van der Waals surface area contributed by atoms with E-state index in [1.165, 1.54) is 11.3 Å². The molecule has 0 bridgehead atoms. The van der Waals surface area contributed by atoms with Gasteiger partial charge in [0, 0.05) is 4.88 Å². The van der Waals surface area contributed by atoms with E-state index < -0.39 is 6.04 Å². The van der Waals surface area contributed by atoms with Crippen LogP contribution in [-0.4, -0.2) is 11.9 Å². The Morgan fingerprint density at radius 1 is 1.62 bits per heavy atom. The first-order valence-electron chi connectivity index (χ1n) is 4.85. The van der Waals surface area contributed by atoms with Gasteiger partial charge in [0.15, 0.2) is 0 Å². The molecule has 16 heavy (non-hydrogen) atoms.